The SMILES string of the molecule is CCCCCCCCCCCC(=O)OCCCCCCOC(=O)C(N)CCCN. The molecule has 0 radical (unpaired) electrons. The Morgan fingerprint density at radius 1 is 0.724 bits per heavy atom. The van der Waals surface area contributed by atoms with Gasteiger partial charge in [-0.05, 0) is 51.5 Å². The second-order valence-corrected chi connectivity index (χ2v) is 7.92. The predicted octanol–water partition coefficient (Wildman–Crippen LogP) is 4.62. The summed E-state index contributed by atoms with van der Waals surface area (Å²) in [6, 6.07) is -0.566. The highest BCUT2D eigenvalue weighted by Crippen LogP contribution is 2.11. The Morgan fingerprint density at radius 3 is 1.83 bits per heavy atom. The number of hydrogen-bond donors (Lipinski definition) is 2. The van der Waals surface area contributed by atoms with E-state index in [0.29, 0.717) is 32.6 Å². The summed E-state index contributed by atoms with van der Waals surface area (Å²) in [4.78, 5) is 23.3. The van der Waals surface area contributed by atoms with Crippen molar-refractivity contribution < 1.29 is 19.1 Å². The van der Waals surface area contributed by atoms with Gasteiger partial charge in [-0.3, -0.25) is 9.59 Å². The fourth-order valence-electron chi connectivity index (χ4n) is 3.13. The van der Waals surface area contributed by atoms with Crippen LogP contribution in [0.2, 0.25) is 0 Å². The van der Waals surface area contributed by atoms with Gasteiger partial charge in [0.05, 0.1) is 13.2 Å². The third kappa shape index (κ3) is 19.9. The lowest BCUT2D eigenvalue weighted by molar-refractivity contribution is -0.146. The van der Waals surface area contributed by atoms with E-state index < -0.39 is 6.04 Å². The summed E-state index contributed by atoms with van der Waals surface area (Å²) in [5.41, 5.74) is 11.1. The van der Waals surface area contributed by atoms with E-state index in [9.17, 15) is 9.59 Å². The van der Waals surface area contributed by atoms with E-state index in [1.165, 1.54) is 44.9 Å². The zero-order valence-corrected chi connectivity index (χ0v) is 18.8. The van der Waals surface area contributed by atoms with Crippen LogP contribution < -0.4 is 11.5 Å². The maximum Gasteiger partial charge on any atom is 0.322 e. The summed E-state index contributed by atoms with van der Waals surface area (Å²) in [5, 5.41) is 0. The second kappa shape index (κ2) is 21.6. The lowest BCUT2D eigenvalue weighted by atomic mass is 10.1. The van der Waals surface area contributed by atoms with E-state index in [0.717, 1.165) is 44.9 Å². The standard InChI is InChI=1S/C23H46N2O4/c1-2-3-4-5-6-7-8-9-12-17-22(26)28-19-13-10-11-14-20-29-23(27)21(25)16-15-18-24/h21H,2-20,24-25H2,1H3. The van der Waals surface area contributed by atoms with Crippen LogP contribution in [0.4, 0.5) is 0 Å². The highest BCUT2D eigenvalue weighted by Gasteiger charge is 2.13. The lowest BCUT2D eigenvalue weighted by Crippen LogP contribution is -2.33. The topological polar surface area (TPSA) is 105 Å². The molecule has 0 aliphatic heterocycles. The summed E-state index contributed by atoms with van der Waals surface area (Å²) >= 11 is 0. The summed E-state index contributed by atoms with van der Waals surface area (Å²) in [6.07, 6.45) is 16.6. The van der Waals surface area contributed by atoms with Gasteiger partial charge in [0, 0.05) is 6.42 Å². The Labute approximate surface area is 178 Å². The van der Waals surface area contributed by atoms with E-state index in [-0.39, 0.29) is 11.9 Å². The quantitative estimate of drug-likeness (QED) is 0.210. The van der Waals surface area contributed by atoms with Gasteiger partial charge in [0.1, 0.15) is 6.04 Å². The third-order valence-electron chi connectivity index (χ3n) is 5.05. The Bertz CT molecular complexity index is 391. The zero-order chi connectivity index (χ0) is 21.6. The van der Waals surface area contributed by atoms with Crippen LogP contribution in [0, 0.1) is 0 Å². The van der Waals surface area contributed by atoms with Crippen LogP contribution in [-0.2, 0) is 19.1 Å². The molecule has 1 unspecified atom stereocenters. The number of rotatable bonds is 21. The van der Waals surface area contributed by atoms with E-state index in [1.807, 2.05) is 0 Å². The smallest absolute Gasteiger partial charge is 0.322 e. The van der Waals surface area contributed by atoms with Crippen molar-refractivity contribution in [3.63, 3.8) is 0 Å². The molecule has 4 N–H and O–H groups in total. The molecule has 6 heteroatoms. The third-order valence-corrected chi connectivity index (χ3v) is 5.05. The van der Waals surface area contributed by atoms with Crippen molar-refractivity contribution in [3.05, 3.63) is 0 Å². The van der Waals surface area contributed by atoms with Crippen molar-refractivity contribution in [2.45, 2.75) is 116 Å². The molecule has 0 aromatic rings. The van der Waals surface area contributed by atoms with Crippen molar-refractivity contribution in [1.82, 2.24) is 0 Å². The Morgan fingerprint density at radius 2 is 1.24 bits per heavy atom. The number of unbranched alkanes of at least 4 members (excludes halogenated alkanes) is 11. The van der Waals surface area contributed by atoms with Crippen molar-refractivity contribution in [3.8, 4) is 0 Å². The summed E-state index contributed by atoms with van der Waals surface area (Å²) in [7, 11) is 0. The van der Waals surface area contributed by atoms with Crippen molar-refractivity contribution in [2.75, 3.05) is 19.8 Å². The largest absolute Gasteiger partial charge is 0.466 e. The molecule has 0 aromatic heterocycles. The normalized spacial score (nSPS) is 12.0. The fraction of sp³-hybridized carbons (Fsp3) is 0.913. The van der Waals surface area contributed by atoms with Gasteiger partial charge in [-0.25, -0.2) is 0 Å². The van der Waals surface area contributed by atoms with Gasteiger partial charge in [0.25, 0.3) is 0 Å². The average molecular weight is 415 g/mol. The second-order valence-electron chi connectivity index (χ2n) is 7.92. The number of esters is 2. The number of carbonyl (C=O) groups excluding carboxylic acids is 2. The molecular weight excluding hydrogens is 368 g/mol. The van der Waals surface area contributed by atoms with Crippen LogP contribution in [0.3, 0.4) is 0 Å². The number of hydrogen-bond acceptors (Lipinski definition) is 6. The highest BCUT2D eigenvalue weighted by atomic mass is 16.5. The average Bonchev–Trinajstić information content (AvgIpc) is 2.72. The van der Waals surface area contributed by atoms with Crippen LogP contribution in [0.5, 0.6) is 0 Å². The Balaban J connectivity index is 3.32. The van der Waals surface area contributed by atoms with Gasteiger partial charge in [-0.15, -0.1) is 0 Å². The van der Waals surface area contributed by atoms with Crippen molar-refractivity contribution in [2.24, 2.45) is 11.5 Å². The first-order valence-corrected chi connectivity index (χ1v) is 11.9. The molecular formula is C23H46N2O4. The molecule has 29 heavy (non-hydrogen) atoms. The monoisotopic (exact) mass is 414 g/mol. The van der Waals surface area contributed by atoms with E-state index in [2.05, 4.69) is 6.92 Å². The van der Waals surface area contributed by atoms with Gasteiger partial charge in [-0.2, -0.15) is 0 Å². The van der Waals surface area contributed by atoms with Crippen LogP contribution in [0.1, 0.15) is 110 Å². The molecule has 0 aromatic carbocycles. The minimum atomic E-state index is -0.566. The summed E-state index contributed by atoms with van der Waals surface area (Å²) < 4.78 is 10.4. The maximum absolute atomic E-state index is 11.7. The van der Waals surface area contributed by atoms with E-state index >= 15 is 0 Å². The van der Waals surface area contributed by atoms with Crippen LogP contribution >= 0.6 is 0 Å². The molecule has 0 spiro atoms. The molecule has 0 fully saturated rings. The van der Waals surface area contributed by atoms with Gasteiger partial charge in [0.2, 0.25) is 0 Å². The molecule has 0 saturated heterocycles. The molecule has 0 aliphatic carbocycles. The number of ether oxygens (including phenoxy) is 2. The molecule has 6 nitrogen and oxygen atoms in total. The fourth-order valence-corrected chi connectivity index (χ4v) is 3.13. The number of nitrogens with two attached hydrogens (primary N) is 2. The molecule has 0 heterocycles. The summed E-state index contributed by atoms with van der Waals surface area (Å²) in [5.74, 6) is -0.419. The van der Waals surface area contributed by atoms with Crippen LogP contribution in [-0.4, -0.2) is 37.7 Å². The molecule has 0 rings (SSSR count). The molecule has 0 amide bonds. The lowest BCUT2D eigenvalue weighted by Gasteiger charge is -2.10. The minimum Gasteiger partial charge on any atom is -0.466 e. The Kier molecular flexibility index (Phi) is 20.7. The molecule has 0 aliphatic rings. The zero-order valence-electron chi connectivity index (χ0n) is 18.8. The molecule has 172 valence electrons. The Hall–Kier alpha value is -1.14. The minimum absolute atomic E-state index is 0.0756. The van der Waals surface area contributed by atoms with Crippen molar-refractivity contribution in [1.29, 1.82) is 0 Å². The van der Waals surface area contributed by atoms with E-state index in [1.54, 1.807) is 0 Å². The molecule has 1 atom stereocenters. The van der Waals surface area contributed by atoms with Crippen LogP contribution in [0.25, 0.3) is 0 Å². The highest BCUT2D eigenvalue weighted by molar-refractivity contribution is 5.75. The van der Waals surface area contributed by atoms with Gasteiger partial charge >= 0.3 is 11.9 Å². The van der Waals surface area contributed by atoms with E-state index in [4.69, 9.17) is 20.9 Å². The first kappa shape index (κ1) is 27.9. The van der Waals surface area contributed by atoms with Crippen LogP contribution in [0.15, 0.2) is 0 Å². The molecule has 0 bridgehead atoms. The van der Waals surface area contributed by atoms with Gasteiger partial charge in [-0.1, -0.05) is 58.3 Å². The first-order chi connectivity index (χ1) is 14.1. The van der Waals surface area contributed by atoms with Crippen molar-refractivity contribution >= 4 is 11.9 Å². The predicted molar refractivity (Wildman–Crippen MR) is 118 cm³/mol. The van der Waals surface area contributed by atoms with Gasteiger partial charge < -0.3 is 20.9 Å². The maximum atomic E-state index is 11.7. The first-order valence-electron chi connectivity index (χ1n) is 11.9. The number of carbonyl (C=O) groups is 2. The van der Waals surface area contributed by atoms with Gasteiger partial charge in [0.15, 0.2) is 0 Å². The summed E-state index contributed by atoms with van der Waals surface area (Å²) in [6.45, 7) is 3.65. The molecule has 0 saturated carbocycles.